The van der Waals surface area contributed by atoms with Gasteiger partial charge in [-0.05, 0) is 5.92 Å². The zero-order chi connectivity index (χ0) is 13.3. The Kier molecular flexibility index (Phi) is 8.40. The first-order chi connectivity index (χ1) is 7.97. The smallest absolute Gasteiger partial charge is 0.221 e. The van der Waals surface area contributed by atoms with E-state index in [1.54, 1.807) is 12.0 Å². The summed E-state index contributed by atoms with van der Waals surface area (Å²) in [5.41, 5.74) is 0. The lowest BCUT2D eigenvalue weighted by Gasteiger charge is -2.20. The van der Waals surface area contributed by atoms with Crippen LogP contribution in [0.4, 0.5) is 0 Å². The SMILES string of the molecule is COCCN(CCC(=O)NCC(C)C)C(C)=O. The molecule has 0 rings (SSSR count). The molecule has 2 amide bonds. The number of nitrogens with zero attached hydrogens (tertiary/aromatic N) is 1. The van der Waals surface area contributed by atoms with Crippen molar-refractivity contribution in [2.75, 3.05) is 33.4 Å². The van der Waals surface area contributed by atoms with Crippen molar-refractivity contribution in [2.45, 2.75) is 27.2 Å². The molecule has 0 spiro atoms. The molecule has 0 atom stereocenters. The highest BCUT2D eigenvalue weighted by molar-refractivity contribution is 5.77. The van der Waals surface area contributed by atoms with Gasteiger partial charge in [0.1, 0.15) is 0 Å². The van der Waals surface area contributed by atoms with E-state index in [0.717, 1.165) is 0 Å². The normalized spacial score (nSPS) is 10.4. The number of carbonyl (C=O) groups is 2. The van der Waals surface area contributed by atoms with E-state index in [4.69, 9.17) is 4.74 Å². The van der Waals surface area contributed by atoms with Gasteiger partial charge in [-0.15, -0.1) is 0 Å². The number of hydrogen-bond acceptors (Lipinski definition) is 3. The minimum atomic E-state index is -0.0290. The first-order valence-electron chi connectivity index (χ1n) is 5.98. The van der Waals surface area contributed by atoms with E-state index in [0.29, 0.717) is 38.6 Å². The van der Waals surface area contributed by atoms with Gasteiger partial charge in [-0.3, -0.25) is 9.59 Å². The van der Waals surface area contributed by atoms with E-state index >= 15 is 0 Å². The predicted molar refractivity (Wildman–Crippen MR) is 66.6 cm³/mol. The van der Waals surface area contributed by atoms with Gasteiger partial charge in [0.15, 0.2) is 0 Å². The molecule has 5 heteroatoms. The van der Waals surface area contributed by atoms with Gasteiger partial charge in [-0.1, -0.05) is 13.8 Å². The molecule has 5 nitrogen and oxygen atoms in total. The molecule has 0 bridgehead atoms. The van der Waals surface area contributed by atoms with Crippen LogP contribution in [0.2, 0.25) is 0 Å². The molecule has 0 aromatic heterocycles. The van der Waals surface area contributed by atoms with Crippen molar-refractivity contribution in [3.8, 4) is 0 Å². The van der Waals surface area contributed by atoms with Gasteiger partial charge in [-0.2, -0.15) is 0 Å². The van der Waals surface area contributed by atoms with Gasteiger partial charge in [0.25, 0.3) is 0 Å². The Morgan fingerprint density at radius 2 is 1.94 bits per heavy atom. The minimum Gasteiger partial charge on any atom is -0.383 e. The second-order valence-corrected chi connectivity index (χ2v) is 4.45. The van der Waals surface area contributed by atoms with Crippen LogP contribution in [0.3, 0.4) is 0 Å². The van der Waals surface area contributed by atoms with E-state index in [1.165, 1.54) is 6.92 Å². The van der Waals surface area contributed by atoms with Crippen molar-refractivity contribution in [1.82, 2.24) is 10.2 Å². The quantitative estimate of drug-likeness (QED) is 0.682. The van der Waals surface area contributed by atoms with Crippen LogP contribution >= 0.6 is 0 Å². The van der Waals surface area contributed by atoms with Crippen LogP contribution in [0.5, 0.6) is 0 Å². The molecular weight excluding hydrogens is 220 g/mol. The van der Waals surface area contributed by atoms with E-state index in [1.807, 2.05) is 13.8 Å². The van der Waals surface area contributed by atoms with Crippen molar-refractivity contribution in [3.05, 3.63) is 0 Å². The molecular formula is C12H24N2O3. The maximum Gasteiger partial charge on any atom is 0.221 e. The maximum atomic E-state index is 11.5. The number of carbonyl (C=O) groups excluding carboxylic acids is 2. The number of methoxy groups -OCH3 is 1. The van der Waals surface area contributed by atoms with Crippen molar-refractivity contribution in [1.29, 1.82) is 0 Å². The summed E-state index contributed by atoms with van der Waals surface area (Å²) in [4.78, 5) is 24.4. The highest BCUT2D eigenvalue weighted by Gasteiger charge is 2.10. The largest absolute Gasteiger partial charge is 0.383 e. The summed E-state index contributed by atoms with van der Waals surface area (Å²) in [5, 5.41) is 2.82. The van der Waals surface area contributed by atoms with Gasteiger partial charge in [-0.25, -0.2) is 0 Å². The fourth-order valence-corrected chi connectivity index (χ4v) is 1.27. The molecule has 0 aromatic carbocycles. The predicted octanol–water partition coefficient (Wildman–Crippen LogP) is 0.644. The van der Waals surface area contributed by atoms with Crippen LogP contribution in [-0.2, 0) is 14.3 Å². The van der Waals surface area contributed by atoms with Crippen LogP contribution in [-0.4, -0.2) is 50.1 Å². The van der Waals surface area contributed by atoms with Gasteiger partial charge >= 0.3 is 0 Å². The zero-order valence-electron chi connectivity index (χ0n) is 11.3. The number of hydrogen-bond donors (Lipinski definition) is 1. The van der Waals surface area contributed by atoms with Crippen LogP contribution in [0.1, 0.15) is 27.2 Å². The topological polar surface area (TPSA) is 58.6 Å². The Bertz CT molecular complexity index is 242. The summed E-state index contributed by atoms with van der Waals surface area (Å²) < 4.78 is 4.91. The van der Waals surface area contributed by atoms with Crippen molar-refractivity contribution in [3.63, 3.8) is 0 Å². The summed E-state index contributed by atoms with van der Waals surface area (Å²) in [6.07, 6.45) is 0.343. The van der Waals surface area contributed by atoms with Crippen LogP contribution < -0.4 is 5.32 Å². The van der Waals surface area contributed by atoms with Crippen molar-refractivity contribution >= 4 is 11.8 Å². The lowest BCUT2D eigenvalue weighted by molar-refractivity contribution is -0.130. The molecule has 0 aliphatic rings. The van der Waals surface area contributed by atoms with Crippen LogP contribution in [0.15, 0.2) is 0 Å². The molecule has 17 heavy (non-hydrogen) atoms. The van der Waals surface area contributed by atoms with Gasteiger partial charge in [0.2, 0.25) is 11.8 Å². The third-order valence-corrected chi connectivity index (χ3v) is 2.33. The van der Waals surface area contributed by atoms with E-state index in [2.05, 4.69) is 5.32 Å². The Labute approximate surface area is 103 Å². The Morgan fingerprint density at radius 1 is 1.29 bits per heavy atom. The first kappa shape index (κ1) is 15.9. The fourth-order valence-electron chi connectivity index (χ4n) is 1.27. The Morgan fingerprint density at radius 3 is 2.41 bits per heavy atom. The third-order valence-electron chi connectivity index (χ3n) is 2.33. The van der Waals surface area contributed by atoms with E-state index < -0.39 is 0 Å². The first-order valence-corrected chi connectivity index (χ1v) is 5.98. The Balaban J connectivity index is 3.87. The van der Waals surface area contributed by atoms with Gasteiger partial charge in [0.05, 0.1) is 6.61 Å². The summed E-state index contributed by atoms with van der Waals surface area (Å²) in [6, 6.07) is 0. The van der Waals surface area contributed by atoms with Gasteiger partial charge < -0.3 is 15.0 Å². The van der Waals surface area contributed by atoms with Crippen molar-refractivity contribution in [2.24, 2.45) is 5.92 Å². The molecule has 0 radical (unpaired) electrons. The standard InChI is InChI=1S/C12H24N2O3/c1-10(2)9-13-12(16)5-6-14(11(3)15)7-8-17-4/h10H,5-9H2,1-4H3,(H,13,16). The molecule has 0 fully saturated rings. The molecule has 0 unspecified atom stereocenters. The maximum absolute atomic E-state index is 11.5. The summed E-state index contributed by atoms with van der Waals surface area (Å²) in [7, 11) is 1.59. The third kappa shape index (κ3) is 8.68. The number of amides is 2. The summed E-state index contributed by atoms with van der Waals surface area (Å²) in [5.74, 6) is 0.400. The van der Waals surface area contributed by atoms with Crippen LogP contribution in [0, 0.1) is 5.92 Å². The fraction of sp³-hybridized carbons (Fsp3) is 0.833. The highest BCUT2D eigenvalue weighted by Crippen LogP contribution is 1.94. The second kappa shape index (κ2) is 8.98. The van der Waals surface area contributed by atoms with Gasteiger partial charge in [0, 0.05) is 40.1 Å². The molecule has 1 N–H and O–H groups in total. The number of ether oxygens (including phenoxy) is 1. The molecule has 0 heterocycles. The highest BCUT2D eigenvalue weighted by atomic mass is 16.5. The molecule has 0 aliphatic heterocycles. The number of rotatable bonds is 8. The van der Waals surface area contributed by atoms with E-state index in [9.17, 15) is 9.59 Å². The summed E-state index contributed by atoms with van der Waals surface area (Å²) in [6.45, 7) is 7.74. The lowest BCUT2D eigenvalue weighted by Crippen LogP contribution is -2.36. The average molecular weight is 244 g/mol. The monoisotopic (exact) mass is 244 g/mol. The zero-order valence-corrected chi connectivity index (χ0v) is 11.3. The number of nitrogens with one attached hydrogen (secondary N) is 1. The summed E-state index contributed by atoms with van der Waals surface area (Å²) >= 11 is 0. The van der Waals surface area contributed by atoms with E-state index in [-0.39, 0.29) is 11.8 Å². The lowest BCUT2D eigenvalue weighted by atomic mass is 10.2. The molecule has 100 valence electrons. The van der Waals surface area contributed by atoms with Crippen LogP contribution in [0.25, 0.3) is 0 Å². The van der Waals surface area contributed by atoms with Crippen molar-refractivity contribution < 1.29 is 14.3 Å². The minimum absolute atomic E-state index is 0.0117. The molecule has 0 saturated heterocycles. The average Bonchev–Trinajstić information content (AvgIpc) is 2.25. The Hall–Kier alpha value is -1.10. The second-order valence-electron chi connectivity index (χ2n) is 4.45. The molecule has 0 aromatic rings. The molecule has 0 saturated carbocycles. The molecule has 0 aliphatic carbocycles.